The van der Waals surface area contributed by atoms with E-state index in [2.05, 4.69) is 23.7 Å². The lowest BCUT2D eigenvalue weighted by Gasteiger charge is -2.31. The Hall–Kier alpha value is -2.14. The Morgan fingerprint density at radius 1 is 1.26 bits per heavy atom. The van der Waals surface area contributed by atoms with Gasteiger partial charge in [0.1, 0.15) is 0 Å². The van der Waals surface area contributed by atoms with Gasteiger partial charge in [-0.05, 0) is 29.5 Å². The second-order valence-electron chi connectivity index (χ2n) is 6.39. The minimum Gasteiger partial charge on any atom is -0.347 e. The zero-order chi connectivity index (χ0) is 16.1. The van der Waals surface area contributed by atoms with Gasteiger partial charge in [-0.15, -0.1) is 11.3 Å². The molecule has 3 atom stereocenters. The van der Waals surface area contributed by atoms with Crippen molar-refractivity contribution in [3.8, 4) is 0 Å². The van der Waals surface area contributed by atoms with Gasteiger partial charge < -0.3 is 4.57 Å². The number of nitro groups is 1. The Bertz CT molecular complexity index is 882. The molecule has 1 aliphatic carbocycles. The maximum absolute atomic E-state index is 11.8. The van der Waals surface area contributed by atoms with Gasteiger partial charge in [-0.1, -0.05) is 31.2 Å². The van der Waals surface area contributed by atoms with Crippen molar-refractivity contribution in [3.05, 3.63) is 68.0 Å². The molecule has 4 rings (SSSR count). The Balaban J connectivity index is 2.05. The molecule has 0 saturated carbocycles. The SMILES string of the molecule is C[C@H]1Cc2c(c3ccccc3n2C)[C@@H](c2cccs2)[C@H]1[N+](=O)[O-]. The molecule has 1 aliphatic rings. The van der Waals surface area contributed by atoms with Crippen LogP contribution < -0.4 is 0 Å². The Labute approximate surface area is 138 Å². The number of fused-ring (bicyclic) bond motifs is 3. The number of aryl methyl sites for hydroxylation is 1. The Morgan fingerprint density at radius 3 is 2.74 bits per heavy atom. The van der Waals surface area contributed by atoms with Gasteiger partial charge in [0.25, 0.3) is 0 Å². The average molecular weight is 326 g/mol. The number of aromatic nitrogens is 1. The summed E-state index contributed by atoms with van der Waals surface area (Å²) in [6.07, 6.45) is 0.758. The van der Waals surface area contributed by atoms with Gasteiger partial charge in [0.15, 0.2) is 0 Å². The van der Waals surface area contributed by atoms with Crippen molar-refractivity contribution < 1.29 is 4.92 Å². The van der Waals surface area contributed by atoms with Crippen molar-refractivity contribution in [1.29, 1.82) is 0 Å². The zero-order valence-electron chi connectivity index (χ0n) is 13.1. The summed E-state index contributed by atoms with van der Waals surface area (Å²) in [5, 5.41) is 15.0. The molecule has 0 bridgehead atoms. The van der Waals surface area contributed by atoms with Gasteiger partial charge in [-0.25, -0.2) is 0 Å². The molecule has 0 saturated heterocycles. The molecule has 2 heterocycles. The fraction of sp³-hybridized carbons (Fsp3) is 0.333. The van der Waals surface area contributed by atoms with Crippen molar-refractivity contribution in [2.75, 3.05) is 0 Å². The predicted molar refractivity (Wildman–Crippen MR) is 92.7 cm³/mol. The number of rotatable bonds is 2. The largest absolute Gasteiger partial charge is 0.347 e. The Morgan fingerprint density at radius 2 is 2.04 bits per heavy atom. The number of nitrogens with zero attached hydrogens (tertiary/aromatic N) is 2. The average Bonchev–Trinajstić information content (AvgIpc) is 3.14. The van der Waals surface area contributed by atoms with Gasteiger partial charge in [0.05, 0.1) is 5.92 Å². The van der Waals surface area contributed by atoms with Crippen LogP contribution in [0.5, 0.6) is 0 Å². The lowest BCUT2D eigenvalue weighted by Crippen LogP contribution is -2.39. The van der Waals surface area contributed by atoms with Gasteiger partial charge in [0.2, 0.25) is 6.04 Å². The summed E-state index contributed by atoms with van der Waals surface area (Å²) in [6, 6.07) is 11.7. The van der Waals surface area contributed by atoms with E-state index in [4.69, 9.17) is 0 Å². The van der Waals surface area contributed by atoms with E-state index in [1.165, 1.54) is 5.69 Å². The van der Waals surface area contributed by atoms with Crippen molar-refractivity contribution in [2.24, 2.45) is 13.0 Å². The second-order valence-corrected chi connectivity index (χ2v) is 7.37. The second kappa shape index (κ2) is 5.20. The third-order valence-corrected chi connectivity index (χ3v) is 6.07. The highest BCUT2D eigenvalue weighted by Gasteiger charge is 2.46. The van der Waals surface area contributed by atoms with E-state index in [1.54, 1.807) is 11.3 Å². The van der Waals surface area contributed by atoms with Crippen LogP contribution in [-0.2, 0) is 13.5 Å². The van der Waals surface area contributed by atoms with Crippen LogP contribution in [0.1, 0.15) is 29.0 Å². The summed E-state index contributed by atoms with van der Waals surface area (Å²) in [4.78, 5) is 12.9. The van der Waals surface area contributed by atoms with Crippen molar-refractivity contribution >= 4 is 22.2 Å². The summed E-state index contributed by atoms with van der Waals surface area (Å²) < 4.78 is 2.22. The standard InChI is InChI=1S/C18H18N2O2S/c1-11-10-14-16(12-6-3-4-7-13(12)19(14)2)17(18(11)20(21)22)15-8-5-9-23-15/h3-9,11,17-18H,10H2,1-2H3/t11-,17+,18-/m0/s1. The monoisotopic (exact) mass is 326 g/mol. The maximum atomic E-state index is 11.8. The van der Waals surface area contributed by atoms with Crippen LogP contribution in [0.4, 0.5) is 0 Å². The molecule has 0 radical (unpaired) electrons. The van der Waals surface area contributed by atoms with E-state index in [0.29, 0.717) is 0 Å². The topological polar surface area (TPSA) is 48.1 Å². The molecule has 0 amide bonds. The molecule has 0 spiro atoms. The van der Waals surface area contributed by atoms with E-state index in [0.717, 1.165) is 27.8 Å². The molecule has 1 aromatic carbocycles. The van der Waals surface area contributed by atoms with Crippen LogP contribution in [0.25, 0.3) is 10.9 Å². The van der Waals surface area contributed by atoms with E-state index >= 15 is 0 Å². The first-order chi connectivity index (χ1) is 11.1. The molecule has 118 valence electrons. The first-order valence-corrected chi connectivity index (χ1v) is 8.70. The highest BCUT2D eigenvalue weighted by Crippen LogP contribution is 2.46. The van der Waals surface area contributed by atoms with Crippen LogP contribution >= 0.6 is 11.3 Å². The molecule has 0 aliphatic heterocycles. The number of thiophene rings is 1. The van der Waals surface area contributed by atoms with Crippen LogP contribution in [0.15, 0.2) is 41.8 Å². The maximum Gasteiger partial charge on any atom is 0.227 e. The highest BCUT2D eigenvalue weighted by atomic mass is 32.1. The summed E-state index contributed by atoms with van der Waals surface area (Å²) in [6.45, 7) is 2.01. The molecule has 2 aromatic heterocycles. The van der Waals surface area contributed by atoms with Crippen LogP contribution in [0.2, 0.25) is 0 Å². The molecular weight excluding hydrogens is 308 g/mol. The summed E-state index contributed by atoms with van der Waals surface area (Å²) >= 11 is 1.62. The smallest absolute Gasteiger partial charge is 0.227 e. The summed E-state index contributed by atoms with van der Waals surface area (Å²) in [5.41, 5.74) is 3.57. The molecule has 0 unspecified atom stereocenters. The van der Waals surface area contributed by atoms with Gasteiger partial charge >= 0.3 is 0 Å². The number of hydrogen-bond acceptors (Lipinski definition) is 3. The number of para-hydroxylation sites is 1. The van der Waals surface area contributed by atoms with Crippen molar-refractivity contribution in [3.63, 3.8) is 0 Å². The minimum absolute atomic E-state index is 0.0209. The van der Waals surface area contributed by atoms with Gasteiger partial charge in [0, 0.05) is 39.4 Å². The van der Waals surface area contributed by atoms with Crippen molar-refractivity contribution in [2.45, 2.75) is 25.3 Å². The molecule has 5 heteroatoms. The van der Waals surface area contributed by atoms with E-state index in [9.17, 15) is 10.1 Å². The van der Waals surface area contributed by atoms with Crippen molar-refractivity contribution in [1.82, 2.24) is 4.57 Å². The van der Waals surface area contributed by atoms with Crippen LogP contribution in [0, 0.1) is 16.0 Å². The molecule has 23 heavy (non-hydrogen) atoms. The van der Waals surface area contributed by atoms with Crippen LogP contribution in [-0.4, -0.2) is 15.5 Å². The fourth-order valence-electron chi connectivity index (χ4n) is 4.10. The molecule has 0 fully saturated rings. The van der Waals surface area contributed by atoms with Gasteiger partial charge in [-0.2, -0.15) is 0 Å². The first-order valence-electron chi connectivity index (χ1n) is 7.82. The van der Waals surface area contributed by atoms with Gasteiger partial charge in [-0.3, -0.25) is 10.1 Å². The molecular formula is C18H18N2O2S. The summed E-state index contributed by atoms with van der Waals surface area (Å²) in [7, 11) is 2.08. The molecule has 4 nitrogen and oxygen atoms in total. The molecule has 3 aromatic rings. The highest BCUT2D eigenvalue weighted by molar-refractivity contribution is 7.10. The predicted octanol–water partition coefficient (Wildman–Crippen LogP) is 4.21. The first kappa shape index (κ1) is 14.5. The van der Waals surface area contributed by atoms with E-state index in [1.807, 2.05) is 36.6 Å². The third kappa shape index (κ3) is 2.03. The Kier molecular flexibility index (Phi) is 3.27. The van der Waals surface area contributed by atoms with E-state index in [-0.39, 0.29) is 16.8 Å². The number of hydrogen-bond donors (Lipinski definition) is 0. The van der Waals surface area contributed by atoms with Crippen LogP contribution in [0.3, 0.4) is 0 Å². The third-order valence-electron chi connectivity index (χ3n) is 5.12. The zero-order valence-corrected chi connectivity index (χ0v) is 13.9. The lowest BCUT2D eigenvalue weighted by atomic mass is 9.75. The fourth-order valence-corrected chi connectivity index (χ4v) is 4.98. The quantitative estimate of drug-likeness (QED) is 0.523. The number of benzene rings is 1. The summed E-state index contributed by atoms with van der Waals surface area (Å²) in [5.74, 6) is -0.137. The normalized spacial score (nSPS) is 23.8. The minimum atomic E-state index is -0.563. The molecule has 0 N–H and O–H groups in total. The lowest BCUT2D eigenvalue weighted by molar-refractivity contribution is -0.535. The van der Waals surface area contributed by atoms with E-state index < -0.39 is 6.04 Å².